The van der Waals surface area contributed by atoms with E-state index in [1.165, 1.54) is 0 Å². The lowest BCUT2D eigenvalue weighted by Crippen LogP contribution is -2.17. The predicted molar refractivity (Wildman–Crippen MR) is 84.7 cm³/mol. The van der Waals surface area contributed by atoms with Crippen molar-refractivity contribution in [3.8, 4) is 11.5 Å². The zero-order valence-corrected chi connectivity index (χ0v) is 13.1. The average molecular weight is 362 g/mol. The summed E-state index contributed by atoms with van der Waals surface area (Å²) in [4.78, 5) is 23.5. The maximum atomic E-state index is 12.7. The Bertz CT molecular complexity index is 728. The van der Waals surface area contributed by atoms with E-state index in [1.807, 2.05) is 0 Å². The van der Waals surface area contributed by atoms with Gasteiger partial charge < -0.3 is 14.8 Å². The molecule has 1 aliphatic rings. The van der Waals surface area contributed by atoms with Crippen molar-refractivity contribution in [2.75, 3.05) is 18.5 Å². The van der Waals surface area contributed by atoms with Crippen molar-refractivity contribution >= 4 is 33.8 Å². The standard InChI is InChI=1S/C16H12BrNO4/c17-11-3-1-10(2-4-11)16(20)12-7-14-15(22-6-5-21-14)8-13(12)18-9-19/h1-4,7-9H,5-6H2,(H,18,19). The molecule has 0 aliphatic carbocycles. The van der Waals surface area contributed by atoms with Crippen molar-refractivity contribution in [2.45, 2.75) is 0 Å². The van der Waals surface area contributed by atoms with Crippen molar-refractivity contribution in [3.63, 3.8) is 0 Å². The first-order chi connectivity index (χ1) is 10.7. The normalized spacial score (nSPS) is 12.6. The monoisotopic (exact) mass is 361 g/mol. The molecule has 1 aliphatic heterocycles. The lowest BCUT2D eigenvalue weighted by molar-refractivity contribution is -0.105. The summed E-state index contributed by atoms with van der Waals surface area (Å²) in [5, 5.41) is 2.54. The number of hydrogen-bond donors (Lipinski definition) is 1. The minimum atomic E-state index is -0.200. The van der Waals surface area contributed by atoms with Crippen LogP contribution in [0.15, 0.2) is 40.9 Å². The summed E-state index contributed by atoms with van der Waals surface area (Å²) >= 11 is 3.33. The maximum absolute atomic E-state index is 12.7. The Morgan fingerprint density at radius 3 is 2.36 bits per heavy atom. The molecule has 1 heterocycles. The molecular weight excluding hydrogens is 350 g/mol. The van der Waals surface area contributed by atoms with Crippen LogP contribution in [0.4, 0.5) is 5.69 Å². The summed E-state index contributed by atoms with van der Waals surface area (Å²) in [5.74, 6) is 0.819. The van der Waals surface area contributed by atoms with Crippen LogP contribution in [-0.2, 0) is 4.79 Å². The van der Waals surface area contributed by atoms with Crippen LogP contribution in [0.25, 0.3) is 0 Å². The van der Waals surface area contributed by atoms with E-state index in [9.17, 15) is 9.59 Å². The molecule has 0 bridgehead atoms. The number of ketones is 1. The minimum Gasteiger partial charge on any atom is -0.486 e. The second-order valence-corrected chi connectivity index (χ2v) is 5.56. The van der Waals surface area contributed by atoms with Gasteiger partial charge in [0.05, 0.1) is 11.3 Å². The summed E-state index contributed by atoms with van der Waals surface area (Å²) in [6.07, 6.45) is 0.532. The molecule has 112 valence electrons. The van der Waals surface area contributed by atoms with Gasteiger partial charge in [-0.15, -0.1) is 0 Å². The largest absolute Gasteiger partial charge is 0.486 e. The smallest absolute Gasteiger partial charge is 0.211 e. The SMILES string of the molecule is O=CNc1cc2c(cc1C(=O)c1ccc(Br)cc1)OCCO2. The molecule has 22 heavy (non-hydrogen) atoms. The van der Waals surface area contributed by atoms with Gasteiger partial charge in [-0.2, -0.15) is 0 Å². The van der Waals surface area contributed by atoms with Crippen LogP contribution >= 0.6 is 15.9 Å². The highest BCUT2D eigenvalue weighted by Gasteiger charge is 2.20. The molecule has 0 spiro atoms. The number of fused-ring (bicyclic) bond motifs is 1. The topological polar surface area (TPSA) is 64.6 Å². The second-order valence-electron chi connectivity index (χ2n) is 4.64. The zero-order chi connectivity index (χ0) is 15.5. The van der Waals surface area contributed by atoms with Gasteiger partial charge in [0.25, 0.3) is 0 Å². The van der Waals surface area contributed by atoms with Crippen LogP contribution in [-0.4, -0.2) is 25.4 Å². The average Bonchev–Trinajstić information content (AvgIpc) is 2.54. The van der Waals surface area contributed by atoms with Crippen LogP contribution < -0.4 is 14.8 Å². The third-order valence-electron chi connectivity index (χ3n) is 3.25. The summed E-state index contributed by atoms with van der Waals surface area (Å²) in [6.45, 7) is 0.868. The first kappa shape index (κ1) is 14.6. The molecular formula is C16H12BrNO4. The molecule has 0 fully saturated rings. The minimum absolute atomic E-state index is 0.200. The van der Waals surface area contributed by atoms with Crippen molar-refractivity contribution < 1.29 is 19.1 Å². The van der Waals surface area contributed by atoms with Crippen molar-refractivity contribution in [1.29, 1.82) is 0 Å². The number of halogens is 1. The number of nitrogens with one attached hydrogen (secondary N) is 1. The highest BCUT2D eigenvalue weighted by atomic mass is 79.9. The lowest BCUT2D eigenvalue weighted by atomic mass is 10.0. The molecule has 0 atom stereocenters. The highest BCUT2D eigenvalue weighted by Crippen LogP contribution is 2.36. The molecule has 3 rings (SSSR count). The third-order valence-corrected chi connectivity index (χ3v) is 3.78. The fourth-order valence-corrected chi connectivity index (χ4v) is 2.48. The van der Waals surface area contributed by atoms with Gasteiger partial charge in [0.1, 0.15) is 13.2 Å². The van der Waals surface area contributed by atoms with E-state index in [-0.39, 0.29) is 5.78 Å². The fraction of sp³-hybridized carbons (Fsp3) is 0.125. The Hall–Kier alpha value is -2.34. The van der Waals surface area contributed by atoms with Gasteiger partial charge in [-0.25, -0.2) is 0 Å². The molecule has 6 heteroatoms. The molecule has 0 unspecified atom stereocenters. The number of ether oxygens (including phenoxy) is 2. The van der Waals surface area contributed by atoms with Crippen molar-refractivity contribution in [2.24, 2.45) is 0 Å². The number of benzene rings is 2. The molecule has 1 amide bonds. The Morgan fingerprint density at radius 2 is 1.73 bits per heavy atom. The van der Waals surface area contributed by atoms with E-state index in [4.69, 9.17) is 9.47 Å². The van der Waals surface area contributed by atoms with Gasteiger partial charge in [0.15, 0.2) is 17.3 Å². The number of carbonyl (C=O) groups is 2. The summed E-state index contributed by atoms with van der Waals surface area (Å²) in [7, 11) is 0. The first-order valence-corrected chi connectivity index (χ1v) is 7.42. The summed E-state index contributed by atoms with van der Waals surface area (Å²) in [6, 6.07) is 10.2. The van der Waals surface area contributed by atoms with E-state index in [1.54, 1.807) is 36.4 Å². The number of rotatable bonds is 4. The molecule has 5 nitrogen and oxygen atoms in total. The summed E-state index contributed by atoms with van der Waals surface area (Å²) < 4.78 is 11.9. The van der Waals surface area contributed by atoms with Crippen LogP contribution in [0, 0.1) is 0 Å². The Morgan fingerprint density at radius 1 is 1.09 bits per heavy atom. The Kier molecular flexibility index (Phi) is 4.11. The quantitative estimate of drug-likeness (QED) is 0.671. The van der Waals surface area contributed by atoms with Crippen LogP contribution in [0.2, 0.25) is 0 Å². The first-order valence-electron chi connectivity index (χ1n) is 6.63. The van der Waals surface area contributed by atoms with E-state index >= 15 is 0 Å². The van der Waals surface area contributed by atoms with Gasteiger partial charge >= 0.3 is 0 Å². The van der Waals surface area contributed by atoms with Crippen molar-refractivity contribution in [1.82, 2.24) is 0 Å². The van der Waals surface area contributed by atoms with Crippen LogP contribution in [0.3, 0.4) is 0 Å². The molecule has 2 aromatic rings. The second kappa shape index (κ2) is 6.19. The fourth-order valence-electron chi connectivity index (χ4n) is 2.22. The van der Waals surface area contributed by atoms with Gasteiger partial charge in [0.2, 0.25) is 6.41 Å². The van der Waals surface area contributed by atoms with E-state index in [0.717, 1.165) is 4.47 Å². The van der Waals surface area contributed by atoms with E-state index < -0.39 is 0 Å². The van der Waals surface area contributed by atoms with Gasteiger partial charge in [-0.1, -0.05) is 15.9 Å². The van der Waals surface area contributed by atoms with Crippen LogP contribution in [0.5, 0.6) is 11.5 Å². The maximum Gasteiger partial charge on any atom is 0.211 e. The molecule has 0 aromatic heterocycles. The number of hydrogen-bond acceptors (Lipinski definition) is 4. The molecule has 2 aromatic carbocycles. The highest BCUT2D eigenvalue weighted by molar-refractivity contribution is 9.10. The number of amides is 1. The van der Waals surface area contributed by atoms with Gasteiger partial charge in [-0.05, 0) is 30.3 Å². The third kappa shape index (κ3) is 2.82. The van der Waals surface area contributed by atoms with E-state index in [2.05, 4.69) is 21.2 Å². The Balaban J connectivity index is 2.05. The van der Waals surface area contributed by atoms with Crippen LogP contribution in [0.1, 0.15) is 15.9 Å². The van der Waals surface area contributed by atoms with Gasteiger partial charge in [-0.3, -0.25) is 9.59 Å². The number of anilines is 1. The molecule has 0 saturated carbocycles. The predicted octanol–water partition coefficient (Wildman–Crippen LogP) is 3.02. The molecule has 1 N–H and O–H groups in total. The van der Waals surface area contributed by atoms with Crippen molar-refractivity contribution in [3.05, 3.63) is 52.0 Å². The lowest BCUT2D eigenvalue weighted by Gasteiger charge is -2.20. The molecule has 0 radical (unpaired) electrons. The Labute approximate surface area is 135 Å². The molecule has 0 saturated heterocycles. The number of carbonyl (C=O) groups excluding carboxylic acids is 2. The van der Waals surface area contributed by atoms with E-state index in [0.29, 0.717) is 47.9 Å². The zero-order valence-electron chi connectivity index (χ0n) is 11.5. The summed E-state index contributed by atoms with van der Waals surface area (Å²) in [5.41, 5.74) is 1.28. The van der Waals surface area contributed by atoms with Gasteiger partial charge in [0, 0.05) is 16.1 Å².